The molecule has 0 aliphatic carbocycles. The number of unbranched alkanes of at least 4 members (excludes halogenated alkanes) is 11. The van der Waals surface area contributed by atoms with E-state index < -0.39 is 5.97 Å². The molecule has 3 rings (SSSR count). The molecule has 0 spiro atoms. The second kappa shape index (κ2) is 20.2. The van der Waals surface area contributed by atoms with E-state index >= 15 is 0 Å². The number of esters is 2. The molecule has 6 heteroatoms. The Labute approximate surface area is 261 Å². The summed E-state index contributed by atoms with van der Waals surface area (Å²) in [5.74, 6) is -0.351. The predicted octanol–water partition coefficient (Wildman–Crippen LogP) is 9.07. The third-order valence-electron chi connectivity index (χ3n) is 8.49. The van der Waals surface area contributed by atoms with Crippen LogP contribution in [0, 0.1) is 0 Å². The van der Waals surface area contributed by atoms with Gasteiger partial charge in [-0.2, -0.15) is 0 Å². The summed E-state index contributed by atoms with van der Waals surface area (Å²) >= 11 is 0. The lowest BCUT2D eigenvalue weighted by molar-refractivity contribution is 0.0319. The number of nitrogens with zero attached hydrogens (tertiary/aromatic N) is 2. The summed E-state index contributed by atoms with van der Waals surface area (Å²) in [5, 5.41) is 0. The van der Waals surface area contributed by atoms with Gasteiger partial charge >= 0.3 is 11.9 Å². The van der Waals surface area contributed by atoms with Gasteiger partial charge in [-0.25, -0.2) is 9.59 Å². The molecule has 1 heterocycles. The van der Waals surface area contributed by atoms with Gasteiger partial charge in [0.05, 0.1) is 17.2 Å². The molecule has 0 radical (unpaired) electrons. The number of anilines is 1. The zero-order valence-electron chi connectivity index (χ0n) is 27.2. The van der Waals surface area contributed by atoms with Gasteiger partial charge in [-0.15, -0.1) is 0 Å². The summed E-state index contributed by atoms with van der Waals surface area (Å²) < 4.78 is 11.1. The quantitative estimate of drug-likeness (QED) is 0.0868. The maximum Gasteiger partial charge on any atom is 0.343 e. The number of hydrogen-bond donors (Lipinski definition) is 0. The monoisotopic (exact) mass is 592 g/mol. The minimum atomic E-state index is -0.409. The second-order valence-corrected chi connectivity index (χ2v) is 12.2. The van der Waals surface area contributed by atoms with Crippen LogP contribution in [0.5, 0.6) is 5.75 Å². The van der Waals surface area contributed by atoms with Gasteiger partial charge in [0.15, 0.2) is 0 Å². The Kier molecular flexibility index (Phi) is 16.2. The SMILES string of the molecule is CCCCCCCCCCCN1CCN(c2ccc(C(=O)Oc3ccc(C(=O)O[C@H](C)CCCCCC)cc3)cc2)CC1. The highest BCUT2D eigenvalue weighted by Gasteiger charge is 2.18. The van der Waals surface area contributed by atoms with E-state index in [1.54, 1.807) is 24.3 Å². The van der Waals surface area contributed by atoms with Crippen LogP contribution in [0.2, 0.25) is 0 Å². The third kappa shape index (κ3) is 13.1. The van der Waals surface area contributed by atoms with Crippen LogP contribution >= 0.6 is 0 Å². The Morgan fingerprint density at radius 2 is 1.16 bits per heavy atom. The number of piperazine rings is 1. The lowest BCUT2D eigenvalue weighted by Gasteiger charge is -2.36. The third-order valence-corrected chi connectivity index (χ3v) is 8.49. The molecular weight excluding hydrogens is 536 g/mol. The maximum absolute atomic E-state index is 12.7. The zero-order chi connectivity index (χ0) is 30.7. The van der Waals surface area contributed by atoms with Crippen molar-refractivity contribution in [3.8, 4) is 5.75 Å². The van der Waals surface area contributed by atoms with Gasteiger partial charge in [0.25, 0.3) is 0 Å². The first-order chi connectivity index (χ1) is 21.0. The first kappa shape index (κ1) is 34.6. The van der Waals surface area contributed by atoms with Crippen molar-refractivity contribution < 1.29 is 19.1 Å². The number of hydrogen-bond acceptors (Lipinski definition) is 6. The van der Waals surface area contributed by atoms with Gasteiger partial charge in [0.1, 0.15) is 5.75 Å². The fourth-order valence-electron chi connectivity index (χ4n) is 5.68. The molecule has 1 atom stereocenters. The van der Waals surface area contributed by atoms with Gasteiger partial charge in [-0.05, 0) is 81.3 Å². The van der Waals surface area contributed by atoms with Crippen LogP contribution in [0.1, 0.15) is 131 Å². The Hall–Kier alpha value is -2.86. The fourth-order valence-corrected chi connectivity index (χ4v) is 5.68. The molecule has 0 saturated carbocycles. The molecular formula is C37H56N2O4. The van der Waals surface area contributed by atoms with E-state index in [0.717, 1.165) is 51.1 Å². The fraction of sp³-hybridized carbons (Fsp3) is 0.622. The topological polar surface area (TPSA) is 59.1 Å². The zero-order valence-corrected chi connectivity index (χ0v) is 27.2. The van der Waals surface area contributed by atoms with Crippen molar-refractivity contribution in [2.75, 3.05) is 37.6 Å². The summed E-state index contributed by atoms with van der Waals surface area (Å²) in [6.07, 6.45) is 17.7. The van der Waals surface area contributed by atoms with E-state index in [9.17, 15) is 9.59 Å². The summed E-state index contributed by atoms with van der Waals surface area (Å²) in [6.45, 7) is 11.8. The lowest BCUT2D eigenvalue weighted by Crippen LogP contribution is -2.46. The van der Waals surface area contributed by atoms with Crippen molar-refractivity contribution >= 4 is 17.6 Å². The highest BCUT2D eigenvalue weighted by atomic mass is 16.5. The number of rotatable bonds is 20. The molecule has 2 aromatic rings. The number of carbonyl (C=O) groups excluding carboxylic acids is 2. The van der Waals surface area contributed by atoms with Crippen molar-refractivity contribution in [2.45, 2.75) is 117 Å². The van der Waals surface area contributed by atoms with Crippen molar-refractivity contribution in [3.63, 3.8) is 0 Å². The molecule has 43 heavy (non-hydrogen) atoms. The normalized spacial score (nSPS) is 14.4. The van der Waals surface area contributed by atoms with E-state index in [4.69, 9.17) is 9.47 Å². The van der Waals surface area contributed by atoms with E-state index in [1.807, 2.05) is 31.2 Å². The average Bonchev–Trinajstić information content (AvgIpc) is 3.03. The van der Waals surface area contributed by atoms with Crippen LogP contribution in [-0.2, 0) is 4.74 Å². The van der Waals surface area contributed by atoms with E-state index in [1.165, 1.54) is 77.2 Å². The molecule has 1 fully saturated rings. The highest BCUT2D eigenvalue weighted by molar-refractivity contribution is 5.92. The van der Waals surface area contributed by atoms with Crippen molar-refractivity contribution in [1.82, 2.24) is 4.90 Å². The van der Waals surface area contributed by atoms with E-state index in [2.05, 4.69) is 23.6 Å². The van der Waals surface area contributed by atoms with Crippen molar-refractivity contribution in [1.29, 1.82) is 0 Å². The summed E-state index contributed by atoms with van der Waals surface area (Å²) in [4.78, 5) is 30.2. The number of carbonyl (C=O) groups is 2. The molecule has 1 saturated heterocycles. The summed E-state index contributed by atoms with van der Waals surface area (Å²) in [6, 6.07) is 14.3. The first-order valence-corrected chi connectivity index (χ1v) is 17.1. The maximum atomic E-state index is 12.7. The minimum Gasteiger partial charge on any atom is -0.459 e. The summed E-state index contributed by atoms with van der Waals surface area (Å²) in [5.41, 5.74) is 2.10. The molecule has 0 amide bonds. The van der Waals surface area contributed by atoms with E-state index in [-0.39, 0.29) is 12.1 Å². The van der Waals surface area contributed by atoms with Gasteiger partial charge in [0, 0.05) is 31.9 Å². The van der Waals surface area contributed by atoms with Gasteiger partial charge in [-0.3, -0.25) is 4.90 Å². The number of ether oxygens (including phenoxy) is 2. The Bertz CT molecular complexity index is 1050. The second-order valence-electron chi connectivity index (χ2n) is 12.2. The first-order valence-electron chi connectivity index (χ1n) is 17.1. The summed E-state index contributed by atoms with van der Waals surface area (Å²) in [7, 11) is 0. The molecule has 1 aliphatic heterocycles. The van der Waals surface area contributed by atoms with Crippen LogP contribution in [-0.4, -0.2) is 55.7 Å². The molecule has 0 aromatic heterocycles. The van der Waals surface area contributed by atoms with Crippen LogP contribution < -0.4 is 9.64 Å². The predicted molar refractivity (Wildman–Crippen MR) is 177 cm³/mol. The van der Waals surface area contributed by atoms with Crippen LogP contribution in [0.25, 0.3) is 0 Å². The standard InChI is InChI=1S/C37H56N2O4/c1-4-6-8-10-11-12-13-14-16-26-38-27-29-39(30-28-38)34-22-18-32(19-23-34)37(41)43-35-24-20-33(21-25-35)36(40)42-31(3)17-15-9-7-5-2/h18-25,31H,4-17,26-30H2,1-3H3/t31-/m1/s1. The lowest BCUT2D eigenvalue weighted by atomic mass is 10.1. The van der Waals surface area contributed by atoms with Gasteiger partial charge in [0.2, 0.25) is 0 Å². The average molecular weight is 593 g/mol. The molecule has 238 valence electrons. The van der Waals surface area contributed by atoms with Gasteiger partial charge in [-0.1, -0.05) is 84.5 Å². The minimum absolute atomic E-state index is 0.113. The van der Waals surface area contributed by atoms with Crippen LogP contribution in [0.4, 0.5) is 5.69 Å². The smallest absolute Gasteiger partial charge is 0.343 e. The van der Waals surface area contributed by atoms with Crippen LogP contribution in [0.15, 0.2) is 48.5 Å². The number of benzene rings is 2. The van der Waals surface area contributed by atoms with Crippen LogP contribution in [0.3, 0.4) is 0 Å². The highest BCUT2D eigenvalue weighted by Crippen LogP contribution is 2.21. The Morgan fingerprint density at radius 1 is 0.651 bits per heavy atom. The van der Waals surface area contributed by atoms with Crippen molar-refractivity contribution in [2.24, 2.45) is 0 Å². The molecule has 6 nitrogen and oxygen atoms in total. The molecule has 1 aliphatic rings. The molecule has 2 aromatic carbocycles. The largest absolute Gasteiger partial charge is 0.459 e. The van der Waals surface area contributed by atoms with E-state index in [0.29, 0.717) is 16.9 Å². The Balaban J connectivity index is 1.34. The van der Waals surface area contributed by atoms with Crippen molar-refractivity contribution in [3.05, 3.63) is 59.7 Å². The van der Waals surface area contributed by atoms with Gasteiger partial charge < -0.3 is 14.4 Å². The Morgan fingerprint density at radius 3 is 1.77 bits per heavy atom. The molecule has 0 N–H and O–H groups in total. The molecule has 0 bridgehead atoms. The molecule has 0 unspecified atom stereocenters.